The molecule has 94 valence electrons. The van der Waals surface area contributed by atoms with Crippen LogP contribution in [-0.4, -0.2) is 40.8 Å². The van der Waals surface area contributed by atoms with E-state index in [1.165, 1.54) is 12.2 Å². The van der Waals surface area contributed by atoms with Crippen molar-refractivity contribution in [2.24, 2.45) is 0 Å². The summed E-state index contributed by atoms with van der Waals surface area (Å²) < 4.78 is 0. The van der Waals surface area contributed by atoms with Crippen LogP contribution in [0.25, 0.3) is 0 Å². The number of amides is 2. The largest absolute Gasteiger partial charge is 0.396 e. The fraction of sp³-hybridized carbons (Fsp3) is 0.583. The Morgan fingerprint density at radius 1 is 1.06 bits per heavy atom. The Morgan fingerprint density at radius 2 is 1.71 bits per heavy atom. The molecule has 1 aliphatic heterocycles. The van der Waals surface area contributed by atoms with Crippen molar-refractivity contribution in [1.82, 2.24) is 4.90 Å². The third kappa shape index (κ3) is 4.48. The molecule has 1 rings (SSSR count). The van der Waals surface area contributed by atoms with Crippen LogP contribution < -0.4 is 0 Å². The molecular formula is C12H17NO4. The quantitative estimate of drug-likeness (QED) is 0.492. The normalized spacial score (nSPS) is 14.8. The summed E-state index contributed by atoms with van der Waals surface area (Å²) in [5.41, 5.74) is 0. The fourth-order valence-corrected chi connectivity index (χ4v) is 1.62. The van der Waals surface area contributed by atoms with Gasteiger partial charge in [-0.2, -0.15) is 0 Å². The topological polar surface area (TPSA) is 74.7 Å². The van der Waals surface area contributed by atoms with Crippen LogP contribution in [0.4, 0.5) is 0 Å². The molecule has 0 aromatic carbocycles. The van der Waals surface area contributed by atoms with Crippen LogP contribution in [0.5, 0.6) is 0 Å². The Hall–Kier alpha value is -1.49. The monoisotopic (exact) mass is 239 g/mol. The van der Waals surface area contributed by atoms with Gasteiger partial charge in [0.2, 0.25) is 0 Å². The van der Waals surface area contributed by atoms with Crippen molar-refractivity contribution in [3.05, 3.63) is 12.2 Å². The molecule has 1 aliphatic rings. The van der Waals surface area contributed by atoms with Crippen LogP contribution in [-0.2, 0) is 14.4 Å². The van der Waals surface area contributed by atoms with Gasteiger partial charge in [0.1, 0.15) is 5.78 Å². The second-order valence-corrected chi connectivity index (χ2v) is 3.98. The van der Waals surface area contributed by atoms with Crippen molar-refractivity contribution in [1.29, 1.82) is 0 Å². The van der Waals surface area contributed by atoms with E-state index in [0.717, 1.165) is 17.7 Å². The van der Waals surface area contributed by atoms with Crippen LogP contribution in [0.3, 0.4) is 0 Å². The number of hydrogen-bond acceptors (Lipinski definition) is 4. The average Bonchev–Trinajstić information content (AvgIpc) is 2.62. The van der Waals surface area contributed by atoms with Gasteiger partial charge in [-0.05, 0) is 12.8 Å². The van der Waals surface area contributed by atoms with Gasteiger partial charge in [0.15, 0.2) is 0 Å². The number of carbonyl (C=O) groups is 3. The van der Waals surface area contributed by atoms with E-state index in [4.69, 9.17) is 5.11 Å². The van der Waals surface area contributed by atoms with E-state index in [9.17, 15) is 14.4 Å². The Bertz CT molecular complexity index is 317. The molecule has 0 aromatic heterocycles. The number of nitrogens with zero attached hydrogens (tertiary/aromatic N) is 1. The van der Waals surface area contributed by atoms with Gasteiger partial charge in [0.05, 0.1) is 0 Å². The minimum absolute atomic E-state index is 0.0513. The molecule has 1 N–H and O–H groups in total. The number of rotatable bonds is 8. The summed E-state index contributed by atoms with van der Waals surface area (Å²) in [5.74, 6) is -0.637. The Kier molecular flexibility index (Phi) is 5.56. The number of hydrogen-bond donors (Lipinski definition) is 1. The van der Waals surface area contributed by atoms with Crippen molar-refractivity contribution in [3.8, 4) is 0 Å². The van der Waals surface area contributed by atoms with Crippen molar-refractivity contribution in [3.63, 3.8) is 0 Å². The van der Waals surface area contributed by atoms with Gasteiger partial charge < -0.3 is 5.11 Å². The molecule has 0 unspecified atom stereocenters. The lowest BCUT2D eigenvalue weighted by atomic mass is 10.1. The lowest BCUT2D eigenvalue weighted by Gasteiger charge is -2.12. The first-order chi connectivity index (χ1) is 8.15. The maximum absolute atomic E-state index is 11.4. The summed E-state index contributed by atoms with van der Waals surface area (Å²) in [6.45, 7) is 0.320. The maximum Gasteiger partial charge on any atom is 0.253 e. The van der Waals surface area contributed by atoms with Gasteiger partial charge in [-0.15, -0.1) is 0 Å². The molecule has 0 saturated heterocycles. The number of imide groups is 1. The highest BCUT2D eigenvalue weighted by Gasteiger charge is 2.23. The zero-order valence-electron chi connectivity index (χ0n) is 9.72. The smallest absolute Gasteiger partial charge is 0.253 e. The van der Waals surface area contributed by atoms with E-state index >= 15 is 0 Å². The summed E-state index contributed by atoms with van der Waals surface area (Å²) in [6.07, 6.45) is 5.38. The van der Waals surface area contributed by atoms with Gasteiger partial charge in [-0.25, -0.2) is 0 Å². The maximum atomic E-state index is 11.4. The van der Waals surface area contributed by atoms with Crippen LogP contribution >= 0.6 is 0 Å². The first-order valence-corrected chi connectivity index (χ1v) is 5.81. The molecule has 0 aromatic rings. The molecule has 1 heterocycles. The summed E-state index contributed by atoms with van der Waals surface area (Å²) in [5, 5.41) is 8.56. The third-order valence-electron chi connectivity index (χ3n) is 2.63. The van der Waals surface area contributed by atoms with Gasteiger partial charge >= 0.3 is 0 Å². The van der Waals surface area contributed by atoms with Gasteiger partial charge in [-0.3, -0.25) is 19.3 Å². The molecule has 5 nitrogen and oxygen atoms in total. The molecule has 0 saturated carbocycles. The van der Waals surface area contributed by atoms with Crippen LogP contribution in [0.1, 0.15) is 32.1 Å². The fourth-order valence-electron chi connectivity index (χ4n) is 1.62. The number of aliphatic hydroxyl groups excluding tert-OH is 1. The lowest BCUT2D eigenvalue weighted by molar-refractivity contribution is -0.137. The SMILES string of the molecule is O=C(CCCCCO)CCN1C(=O)C=CC1=O. The zero-order valence-corrected chi connectivity index (χ0v) is 9.72. The van der Waals surface area contributed by atoms with E-state index in [-0.39, 0.29) is 37.2 Å². The Labute approximate surface area is 100 Å². The summed E-state index contributed by atoms with van der Waals surface area (Å²) in [6, 6.07) is 0. The molecule has 0 aliphatic carbocycles. The molecule has 0 radical (unpaired) electrons. The number of carbonyl (C=O) groups excluding carboxylic acids is 3. The number of unbranched alkanes of at least 4 members (excludes halogenated alkanes) is 2. The second kappa shape index (κ2) is 6.96. The Balaban J connectivity index is 2.16. The van der Waals surface area contributed by atoms with Crippen LogP contribution in [0.15, 0.2) is 12.2 Å². The second-order valence-electron chi connectivity index (χ2n) is 3.98. The average molecular weight is 239 g/mol. The summed E-state index contributed by atoms with van der Waals surface area (Å²) in [7, 11) is 0. The molecular weight excluding hydrogens is 222 g/mol. The minimum atomic E-state index is -0.344. The highest BCUT2D eigenvalue weighted by Crippen LogP contribution is 2.07. The molecule has 17 heavy (non-hydrogen) atoms. The van der Waals surface area contributed by atoms with Crippen LogP contribution in [0.2, 0.25) is 0 Å². The predicted molar refractivity (Wildman–Crippen MR) is 61.0 cm³/mol. The third-order valence-corrected chi connectivity index (χ3v) is 2.63. The Morgan fingerprint density at radius 3 is 2.29 bits per heavy atom. The van der Waals surface area contributed by atoms with Crippen molar-refractivity contribution in [2.45, 2.75) is 32.1 Å². The van der Waals surface area contributed by atoms with E-state index in [0.29, 0.717) is 12.8 Å². The van der Waals surface area contributed by atoms with E-state index < -0.39 is 0 Å². The van der Waals surface area contributed by atoms with Crippen molar-refractivity contribution < 1.29 is 19.5 Å². The molecule has 0 spiro atoms. The standard InChI is InChI=1S/C12H17NO4/c14-9-3-1-2-4-10(15)7-8-13-11(16)5-6-12(13)17/h5-6,14H,1-4,7-9H2. The number of ketones is 1. The van der Waals surface area contributed by atoms with Crippen molar-refractivity contribution >= 4 is 17.6 Å². The van der Waals surface area contributed by atoms with Crippen LogP contribution in [0, 0.1) is 0 Å². The van der Waals surface area contributed by atoms with Gasteiger partial charge in [0, 0.05) is 38.1 Å². The van der Waals surface area contributed by atoms with E-state index in [1.807, 2.05) is 0 Å². The highest BCUT2D eigenvalue weighted by molar-refractivity contribution is 6.13. The zero-order chi connectivity index (χ0) is 12.7. The lowest BCUT2D eigenvalue weighted by Crippen LogP contribution is -2.32. The van der Waals surface area contributed by atoms with E-state index in [1.54, 1.807) is 0 Å². The molecule has 5 heteroatoms. The van der Waals surface area contributed by atoms with E-state index in [2.05, 4.69) is 0 Å². The molecule has 2 amide bonds. The first-order valence-electron chi connectivity index (χ1n) is 5.81. The van der Waals surface area contributed by atoms with Crippen molar-refractivity contribution in [2.75, 3.05) is 13.2 Å². The number of Topliss-reactive ketones (excluding diaryl/α,β-unsaturated/α-hetero) is 1. The van der Waals surface area contributed by atoms with Gasteiger partial charge in [0.25, 0.3) is 11.8 Å². The summed E-state index contributed by atoms with van der Waals surface area (Å²) in [4.78, 5) is 34.9. The number of aliphatic hydroxyl groups is 1. The summed E-state index contributed by atoms with van der Waals surface area (Å²) >= 11 is 0. The molecule has 0 fully saturated rings. The molecule has 0 bridgehead atoms. The minimum Gasteiger partial charge on any atom is -0.396 e. The van der Waals surface area contributed by atoms with Gasteiger partial charge in [-0.1, -0.05) is 6.42 Å². The molecule has 0 atom stereocenters. The predicted octanol–water partition coefficient (Wildman–Crippen LogP) is 0.423. The first kappa shape index (κ1) is 13.6. The highest BCUT2D eigenvalue weighted by atomic mass is 16.3.